The van der Waals surface area contributed by atoms with Crippen LogP contribution >= 0.6 is 11.7 Å². The van der Waals surface area contributed by atoms with Crippen molar-refractivity contribution in [1.29, 1.82) is 0 Å². The van der Waals surface area contributed by atoms with E-state index in [1.165, 1.54) is 4.31 Å². The Balaban J connectivity index is 1.44. The highest BCUT2D eigenvalue weighted by molar-refractivity contribution is 7.89. The van der Waals surface area contributed by atoms with E-state index in [0.29, 0.717) is 42.8 Å². The van der Waals surface area contributed by atoms with Crippen molar-refractivity contribution in [1.82, 2.24) is 22.9 Å². The zero-order valence-corrected chi connectivity index (χ0v) is 17.3. The number of hydrogen-bond donors (Lipinski definition) is 1. The van der Waals surface area contributed by atoms with Gasteiger partial charge >= 0.3 is 0 Å². The zero-order valence-electron chi connectivity index (χ0n) is 15.7. The Kier molecular flexibility index (Phi) is 5.04. The van der Waals surface area contributed by atoms with Crippen molar-refractivity contribution < 1.29 is 13.2 Å². The first kappa shape index (κ1) is 19.2. The number of Topliss-reactive ketones (excluding diaryl/α,β-unsaturated/α-hetero) is 1. The quantitative estimate of drug-likeness (QED) is 0.634. The Hall–Kier alpha value is -2.14. The molecule has 1 aromatic carbocycles. The SMILES string of the molecule is Cc1cc(C(=O)CN2CCN(S(=O)(=O)c3cccc4nsnc34)CC2)c(C)[nH]1. The van der Waals surface area contributed by atoms with Gasteiger partial charge in [-0.2, -0.15) is 13.1 Å². The number of carbonyl (C=O) groups is 1. The van der Waals surface area contributed by atoms with Crippen LogP contribution in [0.1, 0.15) is 21.7 Å². The van der Waals surface area contributed by atoms with Gasteiger partial charge < -0.3 is 4.98 Å². The van der Waals surface area contributed by atoms with E-state index in [9.17, 15) is 13.2 Å². The number of H-pyrrole nitrogens is 1. The molecule has 28 heavy (non-hydrogen) atoms. The molecule has 0 unspecified atom stereocenters. The number of sulfonamides is 1. The van der Waals surface area contributed by atoms with E-state index >= 15 is 0 Å². The number of nitrogens with zero attached hydrogens (tertiary/aromatic N) is 4. The van der Waals surface area contributed by atoms with Crippen LogP contribution in [-0.4, -0.2) is 69.9 Å². The Morgan fingerprint density at radius 3 is 2.61 bits per heavy atom. The Morgan fingerprint density at radius 2 is 1.93 bits per heavy atom. The lowest BCUT2D eigenvalue weighted by Gasteiger charge is -2.33. The van der Waals surface area contributed by atoms with Crippen molar-refractivity contribution in [2.24, 2.45) is 0 Å². The van der Waals surface area contributed by atoms with Gasteiger partial charge in [0.1, 0.15) is 15.9 Å². The molecule has 8 nitrogen and oxygen atoms in total. The van der Waals surface area contributed by atoms with Crippen molar-refractivity contribution in [2.75, 3.05) is 32.7 Å². The first-order valence-corrected chi connectivity index (χ1v) is 11.2. The van der Waals surface area contributed by atoms with Crippen LogP contribution in [0, 0.1) is 13.8 Å². The Labute approximate surface area is 167 Å². The van der Waals surface area contributed by atoms with E-state index < -0.39 is 10.0 Å². The molecule has 0 amide bonds. The number of fused-ring (bicyclic) bond motifs is 1. The number of aromatic amines is 1. The maximum Gasteiger partial charge on any atom is 0.245 e. The maximum absolute atomic E-state index is 13.1. The minimum atomic E-state index is -3.65. The van der Waals surface area contributed by atoms with Crippen LogP contribution in [0.25, 0.3) is 11.0 Å². The second-order valence-electron chi connectivity index (χ2n) is 6.98. The Bertz CT molecular complexity index is 1130. The van der Waals surface area contributed by atoms with Gasteiger partial charge in [0.2, 0.25) is 10.0 Å². The van der Waals surface area contributed by atoms with Crippen LogP contribution in [0.5, 0.6) is 0 Å². The average molecular weight is 420 g/mol. The van der Waals surface area contributed by atoms with Crippen molar-refractivity contribution in [3.63, 3.8) is 0 Å². The first-order valence-electron chi connectivity index (χ1n) is 8.99. The van der Waals surface area contributed by atoms with Gasteiger partial charge in [-0.1, -0.05) is 6.07 Å². The smallest absolute Gasteiger partial charge is 0.245 e. The highest BCUT2D eigenvalue weighted by Crippen LogP contribution is 2.25. The highest BCUT2D eigenvalue weighted by Gasteiger charge is 2.31. The van der Waals surface area contributed by atoms with Gasteiger partial charge in [0.05, 0.1) is 18.3 Å². The van der Waals surface area contributed by atoms with Gasteiger partial charge in [-0.3, -0.25) is 9.69 Å². The van der Waals surface area contributed by atoms with Crippen molar-refractivity contribution in [2.45, 2.75) is 18.7 Å². The molecule has 1 saturated heterocycles. The lowest BCUT2D eigenvalue weighted by Crippen LogP contribution is -2.49. The van der Waals surface area contributed by atoms with E-state index in [1.54, 1.807) is 18.2 Å². The molecular formula is C18H21N5O3S2. The predicted molar refractivity (Wildman–Crippen MR) is 107 cm³/mol. The fourth-order valence-corrected chi connectivity index (χ4v) is 5.73. The molecule has 1 N–H and O–H groups in total. The average Bonchev–Trinajstić information content (AvgIpc) is 3.27. The first-order chi connectivity index (χ1) is 13.4. The maximum atomic E-state index is 13.1. The van der Waals surface area contributed by atoms with Crippen LogP contribution < -0.4 is 0 Å². The fraction of sp³-hybridized carbons (Fsp3) is 0.389. The summed E-state index contributed by atoms with van der Waals surface area (Å²) >= 11 is 1.01. The molecule has 148 valence electrons. The standard InChI is InChI=1S/C18H21N5O3S2/c1-12-10-14(13(2)19-12)16(24)11-22-6-8-23(9-7-22)28(25,26)17-5-3-4-15-18(17)21-27-20-15/h3-5,10,19H,6-9,11H2,1-2H3. The van der Waals surface area contributed by atoms with Crippen LogP contribution in [0.4, 0.5) is 0 Å². The lowest BCUT2D eigenvalue weighted by molar-refractivity contribution is 0.0901. The summed E-state index contributed by atoms with van der Waals surface area (Å²) in [5.41, 5.74) is 3.54. The number of carbonyl (C=O) groups excluding carboxylic acids is 1. The summed E-state index contributed by atoms with van der Waals surface area (Å²) in [5, 5.41) is 0. The topological polar surface area (TPSA) is 99.3 Å². The van der Waals surface area contributed by atoms with E-state index in [-0.39, 0.29) is 17.2 Å². The second kappa shape index (κ2) is 7.36. The molecule has 0 saturated carbocycles. The molecule has 3 heterocycles. The van der Waals surface area contributed by atoms with Crippen molar-refractivity contribution >= 4 is 38.6 Å². The largest absolute Gasteiger partial charge is 0.362 e. The van der Waals surface area contributed by atoms with E-state index in [4.69, 9.17) is 0 Å². The number of aryl methyl sites for hydroxylation is 2. The molecule has 4 rings (SSSR count). The summed E-state index contributed by atoms with van der Waals surface area (Å²) < 4.78 is 35.9. The lowest BCUT2D eigenvalue weighted by atomic mass is 10.1. The third kappa shape index (κ3) is 3.48. The van der Waals surface area contributed by atoms with Gasteiger partial charge in [0.15, 0.2) is 5.78 Å². The third-order valence-electron chi connectivity index (χ3n) is 5.02. The molecule has 0 atom stereocenters. The second-order valence-corrected chi connectivity index (χ2v) is 9.42. The van der Waals surface area contributed by atoms with Gasteiger partial charge in [0.25, 0.3) is 0 Å². The van der Waals surface area contributed by atoms with E-state index in [0.717, 1.165) is 23.1 Å². The van der Waals surface area contributed by atoms with Gasteiger partial charge in [-0.15, -0.1) is 0 Å². The third-order valence-corrected chi connectivity index (χ3v) is 7.49. The monoisotopic (exact) mass is 419 g/mol. The zero-order chi connectivity index (χ0) is 19.9. The molecule has 0 aliphatic carbocycles. The normalized spacial score (nSPS) is 16.6. The summed E-state index contributed by atoms with van der Waals surface area (Å²) in [4.78, 5) is 17.9. The summed E-state index contributed by atoms with van der Waals surface area (Å²) in [5.74, 6) is 0.0523. The van der Waals surface area contributed by atoms with Gasteiger partial charge in [0, 0.05) is 43.1 Å². The molecule has 1 aliphatic rings. The molecule has 1 aliphatic heterocycles. The molecule has 3 aromatic rings. The van der Waals surface area contributed by atoms with Crippen molar-refractivity contribution in [3.05, 3.63) is 41.2 Å². The van der Waals surface area contributed by atoms with Crippen LogP contribution in [0.2, 0.25) is 0 Å². The number of piperazine rings is 1. The van der Waals surface area contributed by atoms with E-state index in [2.05, 4.69) is 13.7 Å². The van der Waals surface area contributed by atoms with Crippen LogP contribution in [-0.2, 0) is 10.0 Å². The predicted octanol–water partition coefficient (Wildman–Crippen LogP) is 1.83. The summed E-state index contributed by atoms with van der Waals surface area (Å²) in [6, 6.07) is 6.88. The summed E-state index contributed by atoms with van der Waals surface area (Å²) in [6.07, 6.45) is 0. The Morgan fingerprint density at radius 1 is 1.18 bits per heavy atom. The number of ketones is 1. The molecule has 0 radical (unpaired) electrons. The highest BCUT2D eigenvalue weighted by atomic mass is 32.2. The molecule has 2 aromatic heterocycles. The molecule has 0 bridgehead atoms. The van der Waals surface area contributed by atoms with Crippen LogP contribution in [0.15, 0.2) is 29.2 Å². The van der Waals surface area contributed by atoms with Gasteiger partial charge in [-0.25, -0.2) is 8.42 Å². The minimum Gasteiger partial charge on any atom is -0.362 e. The number of hydrogen-bond acceptors (Lipinski definition) is 7. The molecular weight excluding hydrogens is 398 g/mol. The minimum absolute atomic E-state index is 0.0523. The number of aromatic nitrogens is 3. The van der Waals surface area contributed by atoms with Gasteiger partial charge in [-0.05, 0) is 32.0 Å². The number of nitrogens with one attached hydrogen (secondary N) is 1. The molecule has 1 fully saturated rings. The number of benzene rings is 1. The van der Waals surface area contributed by atoms with Crippen LogP contribution in [0.3, 0.4) is 0 Å². The summed E-state index contributed by atoms with van der Waals surface area (Å²) in [7, 11) is -3.65. The fourth-order valence-electron chi connectivity index (χ4n) is 3.56. The number of rotatable bonds is 5. The molecule has 0 spiro atoms. The summed E-state index contributed by atoms with van der Waals surface area (Å²) in [6.45, 7) is 5.81. The molecule has 10 heteroatoms. The van der Waals surface area contributed by atoms with E-state index in [1.807, 2.05) is 24.8 Å². The van der Waals surface area contributed by atoms with Crippen molar-refractivity contribution in [3.8, 4) is 0 Å².